The summed E-state index contributed by atoms with van der Waals surface area (Å²) in [6, 6.07) is 13.7. The van der Waals surface area contributed by atoms with Gasteiger partial charge in [-0.15, -0.1) is 0 Å². The maximum absolute atomic E-state index is 13.5. The van der Waals surface area contributed by atoms with Crippen molar-refractivity contribution in [3.63, 3.8) is 0 Å². The number of amides is 1. The lowest BCUT2D eigenvalue weighted by Gasteiger charge is -2.25. The molecule has 2 N–H and O–H groups in total. The number of rotatable bonds is 7. The molecule has 1 heterocycles. The average Bonchev–Trinajstić information content (AvgIpc) is 2.79. The number of nitrogens with zero attached hydrogens (tertiary/aromatic N) is 2. The van der Waals surface area contributed by atoms with E-state index >= 15 is 0 Å². The Kier molecular flexibility index (Phi) is 8.55. The Balaban J connectivity index is 1.69. The number of halogens is 1. The maximum atomic E-state index is 13.5. The molecular weight excluding hydrogens is 395 g/mol. The number of carbonyl (C=O) groups is 1. The summed E-state index contributed by atoms with van der Waals surface area (Å²) in [5, 5.41) is 5.98. The van der Waals surface area contributed by atoms with Crippen LogP contribution in [0.5, 0.6) is 0 Å². The second-order valence-corrected chi connectivity index (χ2v) is 7.71. The van der Waals surface area contributed by atoms with E-state index in [-0.39, 0.29) is 5.56 Å². The highest BCUT2D eigenvalue weighted by Gasteiger charge is 2.12. The van der Waals surface area contributed by atoms with Gasteiger partial charge in [-0.05, 0) is 48.2 Å². The fourth-order valence-corrected chi connectivity index (χ4v) is 3.32. The number of ether oxygens (including phenoxy) is 1. The Morgan fingerprint density at radius 3 is 2.61 bits per heavy atom. The molecule has 0 aliphatic carbocycles. The topological polar surface area (TPSA) is 66.0 Å². The van der Waals surface area contributed by atoms with Gasteiger partial charge in [0.25, 0.3) is 5.91 Å². The molecule has 6 nitrogen and oxygen atoms in total. The van der Waals surface area contributed by atoms with Crippen molar-refractivity contribution in [1.29, 1.82) is 0 Å². The number of morpholine rings is 1. The van der Waals surface area contributed by atoms with Crippen LogP contribution in [0.25, 0.3) is 0 Å². The zero-order valence-electron chi connectivity index (χ0n) is 18.2. The van der Waals surface area contributed by atoms with E-state index in [0.29, 0.717) is 18.4 Å². The molecular formula is C24H31FN4O2. The minimum absolute atomic E-state index is 0.245. The van der Waals surface area contributed by atoms with Crippen molar-refractivity contribution in [2.45, 2.75) is 26.2 Å². The van der Waals surface area contributed by atoms with Crippen LogP contribution in [0.4, 0.5) is 10.1 Å². The molecule has 1 aliphatic rings. The molecule has 0 aromatic heterocycles. The third-order valence-electron chi connectivity index (χ3n) is 5.46. The molecule has 0 radical (unpaired) electrons. The first-order chi connectivity index (χ1) is 15.0. The van der Waals surface area contributed by atoms with Crippen LogP contribution in [0.15, 0.2) is 53.5 Å². The largest absolute Gasteiger partial charge is 0.379 e. The van der Waals surface area contributed by atoms with Crippen molar-refractivity contribution >= 4 is 17.6 Å². The SMILES string of the molecule is CC[C@@H](C)c1ccc(NC(=NCCN2CCOCC2)NC(=O)c2cccc(F)c2)cc1. The summed E-state index contributed by atoms with van der Waals surface area (Å²) in [5.41, 5.74) is 2.34. The second-order valence-electron chi connectivity index (χ2n) is 7.71. The molecule has 1 amide bonds. The molecule has 7 heteroatoms. The van der Waals surface area contributed by atoms with Crippen LogP contribution < -0.4 is 10.6 Å². The van der Waals surface area contributed by atoms with Gasteiger partial charge in [-0.25, -0.2) is 4.39 Å². The molecule has 166 valence electrons. The number of nitrogens with one attached hydrogen (secondary N) is 2. The van der Waals surface area contributed by atoms with Gasteiger partial charge in [-0.2, -0.15) is 0 Å². The number of aliphatic imine (C=N–C) groups is 1. The normalized spacial score (nSPS) is 16.0. The first kappa shape index (κ1) is 22.9. The molecule has 1 saturated heterocycles. The minimum atomic E-state index is -0.452. The van der Waals surface area contributed by atoms with Gasteiger partial charge in [0.05, 0.1) is 19.8 Å². The lowest BCUT2D eigenvalue weighted by Crippen LogP contribution is -2.39. The molecule has 0 unspecified atom stereocenters. The number of benzene rings is 2. The van der Waals surface area contributed by atoms with Gasteiger partial charge in [0.15, 0.2) is 0 Å². The summed E-state index contributed by atoms with van der Waals surface area (Å²) in [5.74, 6) is -0.0254. The van der Waals surface area contributed by atoms with Crippen LogP contribution in [-0.4, -0.2) is 56.2 Å². The van der Waals surface area contributed by atoms with Crippen LogP contribution >= 0.6 is 0 Å². The molecule has 0 saturated carbocycles. The van der Waals surface area contributed by atoms with Gasteiger partial charge in [-0.1, -0.05) is 32.0 Å². The van der Waals surface area contributed by atoms with E-state index in [2.05, 4.69) is 46.5 Å². The zero-order valence-corrected chi connectivity index (χ0v) is 18.2. The van der Waals surface area contributed by atoms with E-state index in [9.17, 15) is 9.18 Å². The van der Waals surface area contributed by atoms with Crippen molar-refractivity contribution in [2.24, 2.45) is 4.99 Å². The molecule has 1 atom stereocenters. The van der Waals surface area contributed by atoms with E-state index in [1.807, 2.05) is 12.1 Å². The number of hydrogen-bond acceptors (Lipinski definition) is 4. The summed E-state index contributed by atoms with van der Waals surface area (Å²) in [7, 11) is 0. The Hall–Kier alpha value is -2.77. The van der Waals surface area contributed by atoms with Crippen molar-refractivity contribution in [3.05, 3.63) is 65.5 Å². The van der Waals surface area contributed by atoms with E-state index in [0.717, 1.165) is 45.0 Å². The monoisotopic (exact) mass is 426 g/mol. The Morgan fingerprint density at radius 2 is 1.94 bits per heavy atom. The molecule has 31 heavy (non-hydrogen) atoms. The van der Waals surface area contributed by atoms with E-state index in [4.69, 9.17) is 4.74 Å². The van der Waals surface area contributed by atoms with E-state index in [1.165, 1.54) is 23.8 Å². The summed E-state index contributed by atoms with van der Waals surface area (Å²) in [4.78, 5) is 19.5. The molecule has 0 spiro atoms. The van der Waals surface area contributed by atoms with Crippen LogP contribution in [-0.2, 0) is 4.74 Å². The third-order valence-corrected chi connectivity index (χ3v) is 5.46. The molecule has 2 aromatic carbocycles. The predicted octanol–water partition coefficient (Wildman–Crippen LogP) is 3.87. The van der Waals surface area contributed by atoms with Crippen molar-refractivity contribution < 1.29 is 13.9 Å². The average molecular weight is 427 g/mol. The van der Waals surface area contributed by atoms with Crippen molar-refractivity contribution in [3.8, 4) is 0 Å². The molecule has 1 aliphatic heterocycles. The van der Waals surface area contributed by atoms with Gasteiger partial charge in [-0.3, -0.25) is 20.0 Å². The van der Waals surface area contributed by atoms with E-state index in [1.54, 1.807) is 6.07 Å². The maximum Gasteiger partial charge on any atom is 0.258 e. The van der Waals surface area contributed by atoms with Gasteiger partial charge in [0, 0.05) is 30.9 Å². The summed E-state index contributed by atoms with van der Waals surface area (Å²) >= 11 is 0. The van der Waals surface area contributed by atoms with Crippen molar-refractivity contribution in [2.75, 3.05) is 44.7 Å². The van der Waals surface area contributed by atoms with Crippen LogP contribution in [0.3, 0.4) is 0 Å². The fraction of sp³-hybridized carbons (Fsp3) is 0.417. The standard InChI is InChI=1S/C24H31FN4O2/c1-3-18(2)19-7-9-22(10-8-19)27-24(26-11-12-29-13-15-31-16-14-29)28-23(30)20-5-4-6-21(25)17-20/h4-10,17-18H,3,11-16H2,1-2H3,(H2,26,27,28,30)/t18-/m1/s1. The predicted molar refractivity (Wildman–Crippen MR) is 122 cm³/mol. The van der Waals surface area contributed by atoms with Crippen molar-refractivity contribution in [1.82, 2.24) is 10.2 Å². The lowest BCUT2D eigenvalue weighted by molar-refractivity contribution is 0.0394. The smallest absolute Gasteiger partial charge is 0.258 e. The zero-order chi connectivity index (χ0) is 22.1. The summed E-state index contributed by atoms with van der Waals surface area (Å²) in [6.45, 7) is 8.88. The number of guanidine groups is 1. The number of anilines is 1. The Bertz CT molecular complexity index is 879. The van der Waals surface area contributed by atoms with Gasteiger partial charge < -0.3 is 10.1 Å². The van der Waals surface area contributed by atoms with Crippen LogP contribution in [0, 0.1) is 5.82 Å². The van der Waals surface area contributed by atoms with Gasteiger partial charge in [0.1, 0.15) is 5.82 Å². The lowest BCUT2D eigenvalue weighted by atomic mass is 9.99. The van der Waals surface area contributed by atoms with Crippen LogP contribution in [0.2, 0.25) is 0 Å². The molecule has 3 rings (SSSR count). The summed E-state index contributed by atoms with van der Waals surface area (Å²) < 4.78 is 18.9. The highest BCUT2D eigenvalue weighted by Crippen LogP contribution is 2.20. The summed E-state index contributed by atoms with van der Waals surface area (Å²) in [6.07, 6.45) is 1.07. The highest BCUT2D eigenvalue weighted by atomic mass is 19.1. The Morgan fingerprint density at radius 1 is 1.19 bits per heavy atom. The molecule has 0 bridgehead atoms. The number of carbonyl (C=O) groups excluding carboxylic acids is 1. The fourth-order valence-electron chi connectivity index (χ4n) is 3.32. The van der Waals surface area contributed by atoms with Crippen LogP contribution in [0.1, 0.15) is 42.1 Å². The third kappa shape index (κ3) is 7.15. The Labute approximate surface area is 183 Å². The minimum Gasteiger partial charge on any atom is -0.379 e. The first-order valence-corrected chi connectivity index (χ1v) is 10.8. The molecule has 1 fully saturated rings. The van der Waals surface area contributed by atoms with Gasteiger partial charge >= 0.3 is 0 Å². The molecule has 2 aromatic rings. The highest BCUT2D eigenvalue weighted by molar-refractivity contribution is 6.09. The second kappa shape index (κ2) is 11.6. The van der Waals surface area contributed by atoms with E-state index < -0.39 is 11.7 Å². The number of hydrogen-bond donors (Lipinski definition) is 2. The first-order valence-electron chi connectivity index (χ1n) is 10.8. The van der Waals surface area contributed by atoms with Gasteiger partial charge in [0.2, 0.25) is 5.96 Å². The quantitative estimate of drug-likeness (QED) is 0.521.